The molecule has 0 aromatic heterocycles. The molecule has 0 saturated heterocycles. The van der Waals surface area contributed by atoms with Gasteiger partial charge < -0.3 is 4.98 Å². The predicted octanol–water partition coefficient (Wildman–Crippen LogP) is 4.42. The highest BCUT2D eigenvalue weighted by atomic mass is 28.4. The molecule has 1 aromatic rings. The van der Waals surface area contributed by atoms with E-state index in [0.29, 0.717) is 5.19 Å². The lowest BCUT2D eigenvalue weighted by Gasteiger charge is -2.38. The van der Waals surface area contributed by atoms with E-state index in [1.54, 1.807) is 51.1 Å². The molecule has 0 radical (unpaired) electrons. The van der Waals surface area contributed by atoms with Crippen LogP contribution in [0.2, 0.25) is 10.1 Å². The quantitative estimate of drug-likeness (QED) is 0.635. The zero-order valence-electron chi connectivity index (χ0n) is 13.7. The number of hydrogen-bond donors (Lipinski definition) is 1. The van der Waals surface area contributed by atoms with Crippen molar-refractivity contribution in [3.05, 3.63) is 30.3 Å². The number of nitrogens with one attached hydrogen (secondary N) is 1. The average Bonchev–Trinajstić information content (AvgIpc) is 2.34. The highest BCUT2D eigenvalue weighted by molar-refractivity contribution is 6.87. The lowest BCUT2D eigenvalue weighted by Crippen LogP contribution is -2.66. The molecule has 0 aliphatic rings. The van der Waals surface area contributed by atoms with E-state index in [2.05, 4.69) is 4.98 Å². The Bertz CT molecular complexity index is 466. The van der Waals surface area contributed by atoms with Crippen molar-refractivity contribution in [2.45, 2.75) is 51.6 Å². The highest BCUT2D eigenvalue weighted by Gasteiger charge is 2.54. The fourth-order valence-electron chi connectivity index (χ4n) is 1.97. The Balaban J connectivity index is 3.08. The van der Waals surface area contributed by atoms with Crippen LogP contribution in [0.15, 0.2) is 30.3 Å². The molecule has 21 heavy (non-hydrogen) atoms. The molecule has 0 aliphatic carbocycles. The van der Waals surface area contributed by atoms with Gasteiger partial charge in [0.25, 0.3) is 0 Å². The van der Waals surface area contributed by atoms with Gasteiger partial charge in [-0.3, -0.25) is 12.3 Å². The van der Waals surface area contributed by atoms with Crippen molar-refractivity contribution in [1.82, 2.24) is 4.98 Å². The zero-order chi connectivity index (χ0) is 16.5. The van der Waals surface area contributed by atoms with Gasteiger partial charge in [-0.2, -0.15) is 0 Å². The van der Waals surface area contributed by atoms with E-state index in [0.717, 1.165) is 0 Å². The Labute approximate surface area is 128 Å². The van der Waals surface area contributed by atoms with Gasteiger partial charge in [-0.15, -0.1) is 0 Å². The van der Waals surface area contributed by atoms with E-state index in [4.69, 9.17) is 0 Å². The molecule has 1 aromatic carbocycles. The first kappa shape index (κ1) is 18.5. The second-order valence-corrected chi connectivity index (χ2v) is 14.6. The molecule has 1 N–H and O–H groups in total. The molecule has 0 spiro atoms. The van der Waals surface area contributed by atoms with Crippen LogP contribution in [0.5, 0.6) is 0 Å². The third-order valence-electron chi connectivity index (χ3n) is 3.86. The van der Waals surface area contributed by atoms with Gasteiger partial charge >= 0.3 is 17.3 Å². The van der Waals surface area contributed by atoms with Crippen molar-refractivity contribution < 1.29 is 12.3 Å². The topological polar surface area (TPSA) is 12.0 Å². The molecule has 0 aliphatic heterocycles. The molecule has 6 heteroatoms. The van der Waals surface area contributed by atoms with Gasteiger partial charge in [0.2, 0.25) is 0 Å². The zero-order valence-corrected chi connectivity index (χ0v) is 15.7. The second kappa shape index (κ2) is 5.89. The van der Waals surface area contributed by atoms with Crippen molar-refractivity contribution in [2.24, 2.45) is 0 Å². The van der Waals surface area contributed by atoms with Crippen LogP contribution >= 0.6 is 0 Å². The standard InChI is InChI=1S/C15H26F3NSi2/c1-14(2,3)20(16,17)12-19-21(18,15(4,5)6)13-10-8-7-9-11-13/h7-11,19H,12H2,1-6H3. The average molecular weight is 334 g/mol. The highest BCUT2D eigenvalue weighted by Crippen LogP contribution is 2.39. The number of halogens is 3. The minimum atomic E-state index is -4.54. The molecule has 0 bridgehead atoms. The summed E-state index contributed by atoms with van der Waals surface area (Å²) < 4.78 is 44.3. The maximum Gasteiger partial charge on any atom is 0.442 e. The molecule has 1 unspecified atom stereocenters. The van der Waals surface area contributed by atoms with Gasteiger partial charge in [0, 0.05) is 16.2 Å². The Morgan fingerprint density at radius 1 is 0.857 bits per heavy atom. The largest absolute Gasteiger partial charge is 0.442 e. The summed E-state index contributed by atoms with van der Waals surface area (Å²) in [4.78, 5) is 2.68. The first-order valence-corrected chi connectivity index (χ1v) is 11.0. The molecule has 0 amide bonds. The van der Waals surface area contributed by atoms with Crippen molar-refractivity contribution >= 4 is 22.5 Å². The van der Waals surface area contributed by atoms with E-state index in [1.165, 1.54) is 20.8 Å². The van der Waals surface area contributed by atoms with Gasteiger partial charge in [0.05, 0.1) is 0 Å². The summed E-state index contributed by atoms with van der Waals surface area (Å²) in [6.45, 7) is 9.91. The van der Waals surface area contributed by atoms with Crippen LogP contribution in [0.25, 0.3) is 0 Å². The van der Waals surface area contributed by atoms with Crippen LogP contribution in [-0.4, -0.2) is 23.5 Å². The molecule has 1 atom stereocenters. The van der Waals surface area contributed by atoms with Crippen LogP contribution in [0.1, 0.15) is 41.5 Å². The molecule has 0 saturated carbocycles. The number of benzene rings is 1. The first-order chi connectivity index (χ1) is 9.31. The van der Waals surface area contributed by atoms with E-state index >= 15 is 4.11 Å². The smallest absolute Gasteiger partial charge is 0.306 e. The summed E-state index contributed by atoms with van der Waals surface area (Å²) in [6, 6.07) is 8.70. The van der Waals surface area contributed by atoms with E-state index in [1.807, 2.05) is 0 Å². The Morgan fingerprint density at radius 2 is 1.33 bits per heavy atom. The summed E-state index contributed by atoms with van der Waals surface area (Å²) in [7, 11) is -8.25. The van der Waals surface area contributed by atoms with E-state index in [9.17, 15) is 8.22 Å². The van der Waals surface area contributed by atoms with Crippen LogP contribution in [0.3, 0.4) is 0 Å². The molecular weight excluding hydrogens is 307 g/mol. The molecule has 0 fully saturated rings. The predicted molar refractivity (Wildman–Crippen MR) is 88.3 cm³/mol. The monoisotopic (exact) mass is 333 g/mol. The van der Waals surface area contributed by atoms with Crippen molar-refractivity contribution in [1.29, 1.82) is 0 Å². The second-order valence-electron chi connectivity index (χ2n) is 7.58. The third-order valence-corrected chi connectivity index (χ3v) is 10.9. The van der Waals surface area contributed by atoms with E-state index < -0.39 is 33.6 Å². The van der Waals surface area contributed by atoms with Crippen LogP contribution in [0, 0.1) is 0 Å². The van der Waals surface area contributed by atoms with Crippen LogP contribution in [-0.2, 0) is 0 Å². The van der Waals surface area contributed by atoms with E-state index in [-0.39, 0.29) is 0 Å². The summed E-state index contributed by atoms with van der Waals surface area (Å²) in [5.74, 6) is 0. The fraction of sp³-hybridized carbons (Fsp3) is 0.600. The molecule has 120 valence electrons. The summed E-state index contributed by atoms with van der Waals surface area (Å²) in [6.07, 6.45) is -0.509. The maximum absolute atomic E-state index is 15.7. The van der Waals surface area contributed by atoms with Crippen molar-refractivity contribution in [2.75, 3.05) is 6.17 Å². The Kier molecular flexibility index (Phi) is 5.18. The minimum Gasteiger partial charge on any atom is -0.306 e. The van der Waals surface area contributed by atoms with Gasteiger partial charge in [-0.1, -0.05) is 71.9 Å². The third kappa shape index (κ3) is 3.98. The number of rotatable bonds is 4. The SMILES string of the molecule is CC(C)(C)[Si](F)(F)CN[Si](F)(c1ccccc1)C(C)(C)C. The Hall–Kier alpha value is -0.596. The maximum atomic E-state index is 15.7. The molecule has 0 heterocycles. The van der Waals surface area contributed by atoms with Crippen LogP contribution < -0.4 is 10.2 Å². The lowest BCUT2D eigenvalue weighted by molar-refractivity contribution is 0.483. The lowest BCUT2D eigenvalue weighted by atomic mass is 10.2. The van der Waals surface area contributed by atoms with Gasteiger partial charge in [0.1, 0.15) is 0 Å². The summed E-state index contributed by atoms with van der Waals surface area (Å²) in [5.41, 5.74) is 0. The molecule has 1 rings (SSSR count). The van der Waals surface area contributed by atoms with Crippen molar-refractivity contribution in [3.63, 3.8) is 0 Å². The summed E-state index contributed by atoms with van der Waals surface area (Å²) in [5, 5.41) is -1.24. The van der Waals surface area contributed by atoms with Gasteiger partial charge in [0.15, 0.2) is 0 Å². The minimum absolute atomic E-state index is 0.509. The van der Waals surface area contributed by atoms with Gasteiger partial charge in [-0.25, -0.2) is 0 Å². The fourth-order valence-corrected chi connectivity index (χ4v) is 6.61. The number of hydrogen-bond acceptors (Lipinski definition) is 1. The summed E-state index contributed by atoms with van der Waals surface area (Å²) >= 11 is 0. The molecular formula is C15H26F3NSi2. The Morgan fingerprint density at radius 3 is 1.71 bits per heavy atom. The normalized spacial score (nSPS) is 16.6. The van der Waals surface area contributed by atoms with Crippen molar-refractivity contribution in [3.8, 4) is 0 Å². The van der Waals surface area contributed by atoms with Crippen LogP contribution in [0.4, 0.5) is 12.3 Å². The van der Waals surface area contributed by atoms with Gasteiger partial charge in [-0.05, 0) is 5.19 Å². The molecule has 1 nitrogen and oxygen atoms in total. The first-order valence-electron chi connectivity index (χ1n) is 7.18.